The monoisotopic (exact) mass is 241 g/mol. The van der Waals surface area contributed by atoms with E-state index in [1.54, 1.807) is 7.11 Å². The molecule has 0 bridgehead atoms. The third-order valence-electron chi connectivity index (χ3n) is 2.93. The minimum absolute atomic E-state index is 0.106. The van der Waals surface area contributed by atoms with Gasteiger partial charge in [0.15, 0.2) is 0 Å². The van der Waals surface area contributed by atoms with E-state index in [-0.39, 0.29) is 12.1 Å². The second-order valence-corrected chi connectivity index (χ2v) is 4.38. The van der Waals surface area contributed by atoms with Gasteiger partial charge in [0.25, 0.3) is 0 Å². The Morgan fingerprint density at radius 3 is 2.94 bits per heavy atom. The van der Waals surface area contributed by atoms with E-state index in [0.29, 0.717) is 10.8 Å². The van der Waals surface area contributed by atoms with Crippen molar-refractivity contribution in [3.63, 3.8) is 0 Å². The number of nitrogens with two attached hydrogens (primary N) is 1. The molecule has 1 aliphatic heterocycles. The summed E-state index contributed by atoms with van der Waals surface area (Å²) < 4.78 is 10.7. The van der Waals surface area contributed by atoms with Gasteiger partial charge in [0.2, 0.25) is 0 Å². The Kier molecular flexibility index (Phi) is 3.69. The lowest BCUT2D eigenvalue weighted by molar-refractivity contribution is 0.0900. The molecule has 0 radical (unpaired) electrons. The lowest BCUT2D eigenvalue weighted by atomic mass is 10.0. The summed E-state index contributed by atoms with van der Waals surface area (Å²) in [5.41, 5.74) is 7.13. The number of benzene rings is 1. The van der Waals surface area contributed by atoms with Gasteiger partial charge >= 0.3 is 0 Å². The first kappa shape index (κ1) is 11.7. The van der Waals surface area contributed by atoms with Crippen molar-refractivity contribution < 1.29 is 9.47 Å². The van der Waals surface area contributed by atoms with Gasteiger partial charge in [0, 0.05) is 6.61 Å². The van der Waals surface area contributed by atoms with Gasteiger partial charge in [-0.1, -0.05) is 17.7 Å². The van der Waals surface area contributed by atoms with E-state index in [2.05, 4.69) is 0 Å². The summed E-state index contributed by atoms with van der Waals surface area (Å²) in [6, 6.07) is 5.53. The standard InChI is InChI=1S/C12H16ClNO2/c1-15-10-5-4-8(7-9(10)13)12(14)11-3-2-6-16-11/h4-5,7,11-12H,2-3,6,14H2,1H3. The Morgan fingerprint density at radius 2 is 2.38 bits per heavy atom. The van der Waals surface area contributed by atoms with E-state index in [9.17, 15) is 0 Å². The van der Waals surface area contributed by atoms with Crippen molar-refractivity contribution in [2.24, 2.45) is 5.73 Å². The first-order valence-corrected chi connectivity index (χ1v) is 5.81. The second-order valence-electron chi connectivity index (χ2n) is 3.97. The van der Waals surface area contributed by atoms with Crippen molar-refractivity contribution in [1.82, 2.24) is 0 Å². The summed E-state index contributed by atoms with van der Waals surface area (Å²) >= 11 is 6.06. The van der Waals surface area contributed by atoms with Gasteiger partial charge in [-0.3, -0.25) is 0 Å². The molecule has 0 aliphatic carbocycles. The predicted octanol–water partition coefficient (Wildman–Crippen LogP) is 2.53. The summed E-state index contributed by atoms with van der Waals surface area (Å²) in [5, 5.41) is 0.591. The highest BCUT2D eigenvalue weighted by Gasteiger charge is 2.24. The van der Waals surface area contributed by atoms with E-state index in [0.717, 1.165) is 25.0 Å². The zero-order valence-corrected chi connectivity index (χ0v) is 10.0. The van der Waals surface area contributed by atoms with Gasteiger partial charge in [-0.25, -0.2) is 0 Å². The number of rotatable bonds is 3. The third-order valence-corrected chi connectivity index (χ3v) is 3.22. The number of methoxy groups -OCH3 is 1. The van der Waals surface area contributed by atoms with Gasteiger partial charge in [0.05, 0.1) is 24.3 Å². The Labute approximate surface area is 100 Å². The molecule has 1 aliphatic rings. The van der Waals surface area contributed by atoms with Crippen LogP contribution in [-0.2, 0) is 4.74 Å². The van der Waals surface area contributed by atoms with Crippen LogP contribution in [0.15, 0.2) is 18.2 Å². The van der Waals surface area contributed by atoms with Gasteiger partial charge in [-0.05, 0) is 30.5 Å². The molecule has 0 amide bonds. The number of hydrogen-bond acceptors (Lipinski definition) is 3. The molecular formula is C12H16ClNO2. The quantitative estimate of drug-likeness (QED) is 0.885. The van der Waals surface area contributed by atoms with Crippen LogP contribution in [0.2, 0.25) is 5.02 Å². The highest BCUT2D eigenvalue weighted by Crippen LogP contribution is 2.30. The minimum atomic E-state index is -0.106. The molecule has 2 N–H and O–H groups in total. The molecule has 1 saturated heterocycles. The highest BCUT2D eigenvalue weighted by atomic mass is 35.5. The fraction of sp³-hybridized carbons (Fsp3) is 0.500. The maximum Gasteiger partial charge on any atom is 0.137 e. The fourth-order valence-electron chi connectivity index (χ4n) is 1.99. The Balaban J connectivity index is 2.16. The molecule has 1 aromatic carbocycles. The van der Waals surface area contributed by atoms with Gasteiger partial charge in [0.1, 0.15) is 5.75 Å². The van der Waals surface area contributed by atoms with Gasteiger partial charge in [-0.15, -0.1) is 0 Å². The van der Waals surface area contributed by atoms with Crippen molar-refractivity contribution in [2.75, 3.05) is 13.7 Å². The van der Waals surface area contributed by atoms with Crippen LogP contribution in [0.4, 0.5) is 0 Å². The predicted molar refractivity (Wildman–Crippen MR) is 63.9 cm³/mol. The molecule has 1 aromatic rings. The van der Waals surface area contributed by atoms with Crippen LogP contribution in [0.3, 0.4) is 0 Å². The van der Waals surface area contributed by atoms with E-state index in [1.807, 2.05) is 18.2 Å². The molecular weight excluding hydrogens is 226 g/mol. The topological polar surface area (TPSA) is 44.5 Å². The van der Waals surface area contributed by atoms with E-state index in [4.69, 9.17) is 26.8 Å². The van der Waals surface area contributed by atoms with Gasteiger partial charge < -0.3 is 15.2 Å². The lowest BCUT2D eigenvalue weighted by Gasteiger charge is -2.19. The average Bonchev–Trinajstić information content (AvgIpc) is 2.81. The van der Waals surface area contributed by atoms with Crippen LogP contribution in [0.5, 0.6) is 5.75 Å². The number of ether oxygens (including phenoxy) is 2. The highest BCUT2D eigenvalue weighted by molar-refractivity contribution is 6.32. The first-order chi connectivity index (χ1) is 7.72. The van der Waals surface area contributed by atoms with Crippen LogP contribution in [0, 0.1) is 0 Å². The molecule has 0 aromatic heterocycles. The summed E-state index contributed by atoms with van der Waals surface area (Å²) in [6.07, 6.45) is 2.22. The van der Waals surface area contributed by atoms with Crippen LogP contribution in [0.25, 0.3) is 0 Å². The van der Waals surface area contributed by atoms with Crippen LogP contribution in [0.1, 0.15) is 24.4 Å². The molecule has 16 heavy (non-hydrogen) atoms. The zero-order chi connectivity index (χ0) is 11.5. The van der Waals surface area contributed by atoms with Crippen molar-refractivity contribution >= 4 is 11.6 Å². The molecule has 0 spiro atoms. The zero-order valence-electron chi connectivity index (χ0n) is 9.28. The van der Waals surface area contributed by atoms with Crippen molar-refractivity contribution in [3.8, 4) is 5.75 Å². The smallest absolute Gasteiger partial charge is 0.137 e. The summed E-state index contributed by atoms with van der Waals surface area (Å²) in [4.78, 5) is 0. The Bertz CT molecular complexity index is 364. The molecule has 2 unspecified atom stereocenters. The average molecular weight is 242 g/mol. The Morgan fingerprint density at radius 1 is 1.56 bits per heavy atom. The van der Waals surface area contributed by atoms with Crippen LogP contribution in [-0.4, -0.2) is 19.8 Å². The Hall–Kier alpha value is -0.770. The fourth-order valence-corrected chi connectivity index (χ4v) is 2.26. The third kappa shape index (κ3) is 2.32. The van der Waals surface area contributed by atoms with E-state index >= 15 is 0 Å². The minimum Gasteiger partial charge on any atom is -0.495 e. The molecule has 3 nitrogen and oxygen atoms in total. The molecule has 4 heteroatoms. The number of hydrogen-bond donors (Lipinski definition) is 1. The van der Waals surface area contributed by atoms with E-state index in [1.165, 1.54) is 0 Å². The molecule has 1 fully saturated rings. The molecule has 0 saturated carbocycles. The van der Waals surface area contributed by atoms with Crippen molar-refractivity contribution in [3.05, 3.63) is 28.8 Å². The van der Waals surface area contributed by atoms with Crippen LogP contribution < -0.4 is 10.5 Å². The second kappa shape index (κ2) is 5.04. The maximum absolute atomic E-state index is 6.14. The number of halogens is 1. The van der Waals surface area contributed by atoms with Crippen molar-refractivity contribution in [1.29, 1.82) is 0 Å². The largest absolute Gasteiger partial charge is 0.495 e. The molecule has 1 heterocycles. The summed E-state index contributed by atoms with van der Waals surface area (Å²) in [5.74, 6) is 0.671. The molecule has 88 valence electrons. The summed E-state index contributed by atoms with van der Waals surface area (Å²) in [6.45, 7) is 0.808. The lowest BCUT2D eigenvalue weighted by Crippen LogP contribution is -2.25. The SMILES string of the molecule is COc1ccc(C(N)C2CCCO2)cc1Cl. The normalized spacial score (nSPS) is 22.1. The van der Waals surface area contributed by atoms with Crippen molar-refractivity contribution in [2.45, 2.75) is 25.0 Å². The van der Waals surface area contributed by atoms with Crippen LogP contribution >= 0.6 is 11.6 Å². The molecule has 2 rings (SSSR count). The van der Waals surface area contributed by atoms with Gasteiger partial charge in [-0.2, -0.15) is 0 Å². The first-order valence-electron chi connectivity index (χ1n) is 5.43. The maximum atomic E-state index is 6.14. The van der Waals surface area contributed by atoms with E-state index < -0.39 is 0 Å². The molecule has 2 atom stereocenters. The summed E-state index contributed by atoms with van der Waals surface area (Å²) in [7, 11) is 1.60.